The van der Waals surface area contributed by atoms with Gasteiger partial charge in [0.2, 0.25) is 5.91 Å². The molecule has 0 fully saturated rings. The Morgan fingerprint density at radius 1 is 1.04 bits per heavy atom. The van der Waals surface area contributed by atoms with E-state index in [2.05, 4.69) is 15.3 Å². The molecule has 1 amide bonds. The average molecular weight is 306 g/mol. The number of amides is 1. The summed E-state index contributed by atoms with van der Waals surface area (Å²) >= 11 is 0. The number of rotatable bonds is 5. The van der Waals surface area contributed by atoms with Gasteiger partial charge < -0.3 is 5.32 Å². The predicted molar refractivity (Wildman–Crippen MR) is 90.9 cm³/mol. The topological polar surface area (TPSA) is 58.1 Å². The van der Waals surface area contributed by atoms with Crippen molar-refractivity contribution in [3.8, 4) is 0 Å². The number of carbonyl (C=O) groups excluding carboxylic acids is 1. The van der Waals surface area contributed by atoms with Crippen molar-refractivity contribution in [1.82, 2.24) is 14.9 Å². The van der Waals surface area contributed by atoms with Crippen molar-refractivity contribution >= 4 is 22.5 Å². The van der Waals surface area contributed by atoms with Crippen molar-refractivity contribution in [2.75, 3.05) is 18.9 Å². The minimum Gasteiger partial charge on any atom is -0.323 e. The smallest absolute Gasteiger partial charge is 0.238 e. The zero-order valence-electron chi connectivity index (χ0n) is 12.9. The van der Waals surface area contributed by atoms with Crippen LogP contribution in [0.4, 0.5) is 5.69 Å². The molecule has 0 saturated heterocycles. The van der Waals surface area contributed by atoms with Crippen molar-refractivity contribution in [2.24, 2.45) is 0 Å². The number of nitrogens with zero attached hydrogens (tertiary/aromatic N) is 3. The maximum Gasteiger partial charge on any atom is 0.238 e. The van der Waals surface area contributed by atoms with Crippen molar-refractivity contribution in [2.45, 2.75) is 6.54 Å². The van der Waals surface area contributed by atoms with E-state index < -0.39 is 0 Å². The van der Waals surface area contributed by atoms with E-state index in [0.717, 1.165) is 22.3 Å². The highest BCUT2D eigenvalue weighted by atomic mass is 16.2. The molecule has 0 atom stereocenters. The van der Waals surface area contributed by atoms with E-state index in [1.54, 1.807) is 12.4 Å². The monoisotopic (exact) mass is 306 g/mol. The van der Waals surface area contributed by atoms with Crippen molar-refractivity contribution in [3.05, 3.63) is 66.6 Å². The lowest BCUT2D eigenvalue weighted by atomic mass is 10.2. The first-order valence-electron chi connectivity index (χ1n) is 7.44. The van der Waals surface area contributed by atoms with Crippen LogP contribution in [0.2, 0.25) is 0 Å². The lowest BCUT2D eigenvalue weighted by Crippen LogP contribution is -2.30. The Hall–Kier alpha value is -2.79. The summed E-state index contributed by atoms with van der Waals surface area (Å²) in [5.41, 5.74) is 2.48. The molecule has 0 radical (unpaired) electrons. The quantitative estimate of drug-likeness (QED) is 0.787. The van der Waals surface area contributed by atoms with Gasteiger partial charge in [-0.05, 0) is 31.3 Å². The van der Waals surface area contributed by atoms with Crippen molar-refractivity contribution in [1.29, 1.82) is 0 Å². The molecule has 0 aliphatic rings. The highest BCUT2D eigenvalue weighted by molar-refractivity contribution is 6.00. The molecule has 2 heterocycles. The summed E-state index contributed by atoms with van der Waals surface area (Å²) in [6.45, 7) is 0.918. The van der Waals surface area contributed by atoms with E-state index >= 15 is 0 Å². The number of hydrogen-bond acceptors (Lipinski definition) is 4. The highest BCUT2D eigenvalue weighted by Crippen LogP contribution is 2.20. The molecule has 0 aliphatic carbocycles. The van der Waals surface area contributed by atoms with E-state index in [1.165, 1.54) is 0 Å². The fourth-order valence-corrected chi connectivity index (χ4v) is 2.46. The molecule has 116 valence electrons. The number of nitrogens with one attached hydrogen (secondary N) is 1. The van der Waals surface area contributed by atoms with Crippen LogP contribution in [0.1, 0.15) is 5.69 Å². The zero-order valence-corrected chi connectivity index (χ0v) is 12.9. The number of aromatic nitrogens is 2. The van der Waals surface area contributed by atoms with Gasteiger partial charge >= 0.3 is 0 Å². The minimum absolute atomic E-state index is 0.0680. The normalized spacial score (nSPS) is 10.9. The third kappa shape index (κ3) is 3.90. The molecule has 1 aromatic carbocycles. The van der Waals surface area contributed by atoms with E-state index in [0.29, 0.717) is 13.1 Å². The SMILES string of the molecule is CN(CC(=O)Nc1cccc2cccnc12)Cc1ccccn1. The number of likely N-dealkylation sites (N-methyl/N-ethyl adjacent to an activating group) is 1. The fraction of sp³-hybridized carbons (Fsp3) is 0.167. The lowest BCUT2D eigenvalue weighted by Gasteiger charge is -2.16. The van der Waals surface area contributed by atoms with Gasteiger partial charge in [0.05, 0.1) is 23.4 Å². The molecule has 0 unspecified atom stereocenters. The number of benzene rings is 1. The van der Waals surface area contributed by atoms with Crippen molar-refractivity contribution < 1.29 is 4.79 Å². The van der Waals surface area contributed by atoms with Crippen LogP contribution >= 0.6 is 0 Å². The number of anilines is 1. The third-order valence-corrected chi connectivity index (χ3v) is 3.48. The van der Waals surface area contributed by atoms with Gasteiger partial charge in [-0.1, -0.05) is 24.3 Å². The molecule has 0 aliphatic heterocycles. The number of carbonyl (C=O) groups is 1. The van der Waals surface area contributed by atoms with Gasteiger partial charge in [0.15, 0.2) is 0 Å². The third-order valence-electron chi connectivity index (χ3n) is 3.48. The molecule has 1 N–H and O–H groups in total. The number of para-hydroxylation sites is 1. The fourth-order valence-electron chi connectivity index (χ4n) is 2.46. The Kier molecular flexibility index (Phi) is 4.59. The number of pyridine rings is 2. The first kappa shape index (κ1) is 15.1. The second-order valence-corrected chi connectivity index (χ2v) is 5.42. The second-order valence-electron chi connectivity index (χ2n) is 5.42. The van der Waals surface area contributed by atoms with Gasteiger partial charge in [0.1, 0.15) is 0 Å². The van der Waals surface area contributed by atoms with E-state index in [9.17, 15) is 4.79 Å². The van der Waals surface area contributed by atoms with E-state index in [4.69, 9.17) is 0 Å². The van der Waals surface area contributed by atoms with Crippen LogP contribution in [0.5, 0.6) is 0 Å². The Balaban J connectivity index is 1.64. The van der Waals surface area contributed by atoms with Gasteiger partial charge in [0, 0.05) is 24.3 Å². The molecular weight excluding hydrogens is 288 g/mol. The van der Waals surface area contributed by atoms with Gasteiger partial charge in [-0.2, -0.15) is 0 Å². The van der Waals surface area contributed by atoms with Crippen LogP contribution in [0.25, 0.3) is 10.9 Å². The van der Waals surface area contributed by atoms with E-state index in [1.807, 2.05) is 60.5 Å². The molecule has 5 nitrogen and oxygen atoms in total. The lowest BCUT2D eigenvalue weighted by molar-refractivity contribution is -0.117. The van der Waals surface area contributed by atoms with Gasteiger partial charge in [-0.3, -0.25) is 19.7 Å². The van der Waals surface area contributed by atoms with Crippen LogP contribution in [0.3, 0.4) is 0 Å². The summed E-state index contributed by atoms with van der Waals surface area (Å²) in [5, 5.41) is 3.94. The molecule has 0 saturated carbocycles. The molecule has 3 aromatic rings. The zero-order chi connectivity index (χ0) is 16.1. The Morgan fingerprint density at radius 3 is 2.70 bits per heavy atom. The first-order chi connectivity index (χ1) is 11.2. The van der Waals surface area contributed by atoms with Gasteiger partial charge in [-0.25, -0.2) is 0 Å². The second kappa shape index (κ2) is 6.98. The Morgan fingerprint density at radius 2 is 1.87 bits per heavy atom. The standard InChI is InChI=1S/C18H18N4O/c1-22(12-15-8-2-3-10-19-15)13-17(23)21-16-9-4-6-14-7-5-11-20-18(14)16/h2-11H,12-13H2,1H3,(H,21,23). The number of fused-ring (bicyclic) bond motifs is 1. The summed E-state index contributed by atoms with van der Waals surface area (Å²) < 4.78 is 0. The summed E-state index contributed by atoms with van der Waals surface area (Å²) in [4.78, 5) is 22.8. The Bertz CT molecular complexity index is 799. The highest BCUT2D eigenvalue weighted by Gasteiger charge is 2.10. The summed E-state index contributed by atoms with van der Waals surface area (Å²) in [6.07, 6.45) is 3.48. The average Bonchev–Trinajstić information content (AvgIpc) is 2.56. The molecule has 0 spiro atoms. The summed E-state index contributed by atoms with van der Waals surface area (Å²) in [6, 6.07) is 15.4. The molecule has 0 bridgehead atoms. The summed E-state index contributed by atoms with van der Waals surface area (Å²) in [7, 11) is 1.90. The van der Waals surface area contributed by atoms with Crippen molar-refractivity contribution in [3.63, 3.8) is 0 Å². The van der Waals surface area contributed by atoms with Gasteiger partial charge in [0.25, 0.3) is 0 Å². The number of hydrogen-bond donors (Lipinski definition) is 1. The van der Waals surface area contributed by atoms with Gasteiger partial charge in [-0.15, -0.1) is 0 Å². The minimum atomic E-state index is -0.0680. The van der Waals surface area contributed by atoms with Crippen LogP contribution in [-0.4, -0.2) is 34.4 Å². The van der Waals surface area contributed by atoms with Crippen LogP contribution < -0.4 is 5.32 Å². The predicted octanol–water partition coefficient (Wildman–Crippen LogP) is 2.70. The largest absolute Gasteiger partial charge is 0.323 e. The molecule has 23 heavy (non-hydrogen) atoms. The maximum atomic E-state index is 12.3. The molecule has 2 aromatic heterocycles. The first-order valence-corrected chi connectivity index (χ1v) is 7.44. The molecule has 3 rings (SSSR count). The van der Waals surface area contributed by atoms with Crippen LogP contribution in [-0.2, 0) is 11.3 Å². The van der Waals surface area contributed by atoms with Crippen LogP contribution in [0.15, 0.2) is 60.9 Å². The van der Waals surface area contributed by atoms with Crippen LogP contribution in [0, 0.1) is 0 Å². The van der Waals surface area contributed by atoms with E-state index in [-0.39, 0.29) is 5.91 Å². The Labute approximate surface area is 135 Å². The maximum absolute atomic E-state index is 12.3. The summed E-state index contributed by atoms with van der Waals surface area (Å²) in [5.74, 6) is -0.0680. The molecule has 5 heteroatoms. The molecular formula is C18H18N4O.